The quantitative estimate of drug-likeness (QED) is 0.676. The molecule has 23 heavy (non-hydrogen) atoms. The molecule has 0 saturated carbocycles. The Hall–Kier alpha value is -2.74. The normalized spacial score (nSPS) is 10.9. The van der Waals surface area contributed by atoms with Crippen molar-refractivity contribution in [3.63, 3.8) is 0 Å². The Balaban J connectivity index is 2.33. The highest BCUT2D eigenvalue weighted by Crippen LogP contribution is 2.43. The second-order valence-electron chi connectivity index (χ2n) is 5.86. The van der Waals surface area contributed by atoms with Gasteiger partial charge >= 0.3 is 0 Å². The molecule has 0 unspecified atom stereocenters. The van der Waals surface area contributed by atoms with E-state index >= 15 is 0 Å². The number of phenols is 2. The summed E-state index contributed by atoms with van der Waals surface area (Å²) in [6, 6.07) is 21.0. The summed E-state index contributed by atoms with van der Waals surface area (Å²) in [5.41, 5.74) is 4.72. The molecule has 0 radical (unpaired) electrons. The predicted molar refractivity (Wildman–Crippen MR) is 93.1 cm³/mol. The van der Waals surface area contributed by atoms with Gasteiger partial charge in [-0.2, -0.15) is 0 Å². The van der Waals surface area contributed by atoms with Gasteiger partial charge in [0.25, 0.3) is 0 Å². The molecule has 0 saturated heterocycles. The topological polar surface area (TPSA) is 40.5 Å². The van der Waals surface area contributed by atoms with Gasteiger partial charge in [-0.1, -0.05) is 54.6 Å². The summed E-state index contributed by atoms with van der Waals surface area (Å²) in [6.07, 6.45) is 0. The zero-order valence-electron chi connectivity index (χ0n) is 13.3. The standard InChI is InChI=1S/C21H20O2/c1-14-8-6-12-17(22)19(14)21(16-10-4-3-5-11-16)20-15(2)9-7-13-18(20)23/h3-13,21-23H,1-2H3. The molecule has 0 spiro atoms. The van der Waals surface area contributed by atoms with Crippen molar-refractivity contribution < 1.29 is 10.2 Å². The molecule has 3 aromatic carbocycles. The Morgan fingerprint density at radius 3 is 1.52 bits per heavy atom. The molecule has 0 aromatic heterocycles. The van der Waals surface area contributed by atoms with Crippen LogP contribution in [0.4, 0.5) is 0 Å². The second-order valence-corrected chi connectivity index (χ2v) is 5.86. The maximum Gasteiger partial charge on any atom is 0.119 e. The number of benzene rings is 3. The van der Waals surface area contributed by atoms with Gasteiger partial charge in [0.2, 0.25) is 0 Å². The first-order valence-electron chi connectivity index (χ1n) is 7.71. The minimum absolute atomic E-state index is 0.210. The molecule has 116 valence electrons. The highest BCUT2D eigenvalue weighted by atomic mass is 16.3. The van der Waals surface area contributed by atoms with Gasteiger partial charge in [-0.25, -0.2) is 0 Å². The Labute approximate surface area is 136 Å². The second kappa shape index (κ2) is 6.17. The molecule has 3 rings (SSSR count). The van der Waals surface area contributed by atoms with Crippen LogP contribution in [0.2, 0.25) is 0 Å². The smallest absolute Gasteiger partial charge is 0.119 e. The fraction of sp³-hybridized carbons (Fsp3) is 0.143. The Bertz CT molecular complexity index is 731. The van der Waals surface area contributed by atoms with E-state index in [2.05, 4.69) is 0 Å². The van der Waals surface area contributed by atoms with Gasteiger partial charge in [0.05, 0.1) is 0 Å². The number of hydrogen-bond donors (Lipinski definition) is 2. The Kier molecular flexibility index (Phi) is 4.07. The number of phenolic OH excluding ortho intramolecular Hbond substituents is 2. The Morgan fingerprint density at radius 2 is 1.09 bits per heavy atom. The maximum atomic E-state index is 10.5. The molecule has 0 amide bonds. The molecule has 0 atom stereocenters. The molecular formula is C21H20O2. The van der Waals surface area contributed by atoms with Crippen LogP contribution in [0.15, 0.2) is 66.7 Å². The average molecular weight is 304 g/mol. The van der Waals surface area contributed by atoms with Crippen LogP contribution in [0.25, 0.3) is 0 Å². The molecule has 0 aliphatic rings. The summed E-state index contributed by atoms with van der Waals surface area (Å²) in [4.78, 5) is 0. The van der Waals surface area contributed by atoms with Crippen LogP contribution in [0, 0.1) is 13.8 Å². The summed E-state index contributed by atoms with van der Waals surface area (Å²) in [5, 5.41) is 21.0. The van der Waals surface area contributed by atoms with Crippen LogP contribution in [0.5, 0.6) is 11.5 Å². The van der Waals surface area contributed by atoms with Gasteiger partial charge < -0.3 is 10.2 Å². The van der Waals surface area contributed by atoms with Crippen molar-refractivity contribution in [1.82, 2.24) is 0 Å². The van der Waals surface area contributed by atoms with Crippen molar-refractivity contribution >= 4 is 0 Å². The van der Waals surface area contributed by atoms with E-state index in [0.29, 0.717) is 0 Å². The number of hydrogen-bond acceptors (Lipinski definition) is 2. The van der Waals surface area contributed by atoms with E-state index in [1.54, 1.807) is 12.1 Å². The summed E-state index contributed by atoms with van der Waals surface area (Å²) in [5.74, 6) is 0.293. The lowest BCUT2D eigenvalue weighted by Gasteiger charge is -2.24. The molecule has 0 aliphatic heterocycles. The zero-order chi connectivity index (χ0) is 16.4. The monoisotopic (exact) mass is 304 g/mol. The van der Waals surface area contributed by atoms with Crippen molar-refractivity contribution in [2.45, 2.75) is 19.8 Å². The minimum Gasteiger partial charge on any atom is -0.508 e. The average Bonchev–Trinajstić information content (AvgIpc) is 2.53. The van der Waals surface area contributed by atoms with Crippen LogP contribution >= 0.6 is 0 Å². The van der Waals surface area contributed by atoms with Gasteiger partial charge in [0, 0.05) is 17.0 Å². The van der Waals surface area contributed by atoms with Gasteiger partial charge in [-0.3, -0.25) is 0 Å². The van der Waals surface area contributed by atoms with Crippen molar-refractivity contribution in [1.29, 1.82) is 0 Å². The molecule has 2 nitrogen and oxygen atoms in total. The summed E-state index contributed by atoms with van der Waals surface area (Å²) in [6.45, 7) is 3.97. The van der Waals surface area contributed by atoms with Crippen molar-refractivity contribution in [3.05, 3.63) is 94.5 Å². The van der Waals surface area contributed by atoms with E-state index in [4.69, 9.17) is 0 Å². The molecule has 0 heterocycles. The fourth-order valence-electron chi connectivity index (χ4n) is 3.20. The molecule has 2 heteroatoms. The summed E-state index contributed by atoms with van der Waals surface area (Å²) in [7, 11) is 0. The lowest BCUT2D eigenvalue weighted by molar-refractivity contribution is 0.457. The lowest BCUT2D eigenvalue weighted by atomic mass is 9.80. The van der Waals surface area contributed by atoms with Gasteiger partial charge in [-0.15, -0.1) is 0 Å². The van der Waals surface area contributed by atoms with E-state index in [9.17, 15) is 10.2 Å². The zero-order valence-corrected chi connectivity index (χ0v) is 13.3. The first kappa shape index (κ1) is 15.2. The lowest BCUT2D eigenvalue weighted by Crippen LogP contribution is -2.08. The van der Waals surface area contributed by atoms with Gasteiger partial charge in [0.1, 0.15) is 11.5 Å². The van der Waals surface area contributed by atoms with E-state index in [-0.39, 0.29) is 17.4 Å². The molecule has 0 fully saturated rings. The van der Waals surface area contributed by atoms with E-state index in [0.717, 1.165) is 27.8 Å². The largest absolute Gasteiger partial charge is 0.508 e. The van der Waals surface area contributed by atoms with E-state index < -0.39 is 0 Å². The molecular weight excluding hydrogens is 284 g/mol. The fourth-order valence-corrected chi connectivity index (χ4v) is 3.20. The van der Waals surface area contributed by atoms with Crippen molar-refractivity contribution in [2.75, 3.05) is 0 Å². The van der Waals surface area contributed by atoms with Crippen LogP contribution in [0.1, 0.15) is 33.7 Å². The number of aromatic hydroxyl groups is 2. The SMILES string of the molecule is Cc1cccc(O)c1C(c1ccccc1)c1c(C)cccc1O. The number of rotatable bonds is 3. The molecule has 0 aliphatic carbocycles. The Morgan fingerprint density at radius 1 is 0.609 bits per heavy atom. The van der Waals surface area contributed by atoms with Gasteiger partial charge in [0.15, 0.2) is 0 Å². The summed E-state index contributed by atoms with van der Waals surface area (Å²) < 4.78 is 0. The van der Waals surface area contributed by atoms with Crippen LogP contribution in [-0.4, -0.2) is 10.2 Å². The third-order valence-electron chi connectivity index (χ3n) is 4.31. The third-order valence-corrected chi connectivity index (χ3v) is 4.31. The number of aryl methyl sites for hydroxylation is 2. The van der Waals surface area contributed by atoms with Crippen LogP contribution in [-0.2, 0) is 0 Å². The minimum atomic E-state index is -0.210. The van der Waals surface area contributed by atoms with Crippen molar-refractivity contribution in [2.24, 2.45) is 0 Å². The first-order valence-corrected chi connectivity index (χ1v) is 7.71. The molecule has 3 aromatic rings. The predicted octanol–water partition coefficient (Wildman–Crippen LogP) is 4.89. The molecule has 2 N–H and O–H groups in total. The van der Waals surface area contributed by atoms with E-state index in [1.807, 2.05) is 68.4 Å². The maximum absolute atomic E-state index is 10.5. The highest BCUT2D eigenvalue weighted by Gasteiger charge is 2.25. The van der Waals surface area contributed by atoms with E-state index in [1.165, 1.54) is 0 Å². The van der Waals surface area contributed by atoms with Crippen molar-refractivity contribution in [3.8, 4) is 11.5 Å². The summed E-state index contributed by atoms with van der Waals surface area (Å²) >= 11 is 0. The van der Waals surface area contributed by atoms with Gasteiger partial charge in [-0.05, 0) is 42.7 Å². The third kappa shape index (κ3) is 2.80. The highest BCUT2D eigenvalue weighted by molar-refractivity contribution is 5.57. The van der Waals surface area contributed by atoms with Crippen LogP contribution in [0.3, 0.4) is 0 Å². The van der Waals surface area contributed by atoms with Crippen LogP contribution < -0.4 is 0 Å². The first-order chi connectivity index (χ1) is 11.1. The molecule has 0 bridgehead atoms.